The quantitative estimate of drug-likeness (QED) is 0.706. The number of furan rings is 1. The van der Waals surface area contributed by atoms with Crippen LogP contribution in [0.2, 0.25) is 5.02 Å². The number of halogens is 2. The topological polar surface area (TPSA) is 71.8 Å². The van der Waals surface area contributed by atoms with Crippen LogP contribution in [0.5, 0.6) is 0 Å². The molecule has 0 aliphatic rings. The summed E-state index contributed by atoms with van der Waals surface area (Å²) in [6, 6.07) is 6.86. The molecule has 1 N–H and O–H groups in total. The maximum atomic E-state index is 12.1. The number of rotatable bonds is 6. The van der Waals surface area contributed by atoms with Crippen molar-refractivity contribution in [3.8, 4) is 0 Å². The van der Waals surface area contributed by atoms with E-state index in [1.54, 1.807) is 43.1 Å². The van der Waals surface area contributed by atoms with Gasteiger partial charge in [0.15, 0.2) is 0 Å². The van der Waals surface area contributed by atoms with E-state index >= 15 is 0 Å². The zero-order chi connectivity index (χ0) is 18.6. The number of hydrogen-bond acceptors (Lipinski definition) is 5. The average molecular weight is 430 g/mol. The standard InChI is InChI=1S/C17H18BrClN2O4/c1-10-13(17(23)24-3)7-12(25-10)8-21(2)9-16(22)20-15-5-4-11(18)6-14(15)19/h4-7H,8-9H2,1-3H3,(H,20,22). The van der Waals surface area contributed by atoms with Gasteiger partial charge < -0.3 is 14.5 Å². The maximum Gasteiger partial charge on any atom is 0.341 e. The van der Waals surface area contributed by atoms with Crippen LogP contribution in [0.4, 0.5) is 5.69 Å². The molecule has 0 aliphatic heterocycles. The van der Waals surface area contributed by atoms with Crippen LogP contribution in [-0.4, -0.2) is 37.5 Å². The van der Waals surface area contributed by atoms with Crippen molar-refractivity contribution in [2.75, 3.05) is 26.0 Å². The number of carbonyl (C=O) groups is 2. The highest BCUT2D eigenvalue weighted by molar-refractivity contribution is 9.10. The molecule has 0 spiro atoms. The van der Waals surface area contributed by atoms with Crippen LogP contribution in [0, 0.1) is 6.92 Å². The first-order chi connectivity index (χ1) is 11.8. The minimum absolute atomic E-state index is 0.139. The molecule has 2 rings (SSSR count). The normalized spacial score (nSPS) is 10.8. The van der Waals surface area contributed by atoms with Gasteiger partial charge in [-0.15, -0.1) is 0 Å². The molecule has 0 saturated heterocycles. The average Bonchev–Trinajstić information content (AvgIpc) is 2.89. The van der Waals surface area contributed by atoms with Crippen LogP contribution >= 0.6 is 27.5 Å². The first kappa shape index (κ1) is 19.5. The van der Waals surface area contributed by atoms with Gasteiger partial charge in [0.25, 0.3) is 0 Å². The molecule has 1 heterocycles. The maximum absolute atomic E-state index is 12.1. The Morgan fingerprint density at radius 1 is 1.36 bits per heavy atom. The minimum Gasteiger partial charge on any atom is -0.465 e. The predicted molar refractivity (Wildman–Crippen MR) is 98.9 cm³/mol. The number of esters is 1. The summed E-state index contributed by atoms with van der Waals surface area (Å²) < 4.78 is 11.1. The molecule has 134 valence electrons. The highest BCUT2D eigenvalue weighted by atomic mass is 79.9. The summed E-state index contributed by atoms with van der Waals surface area (Å²) in [5.74, 6) is 0.414. The number of benzene rings is 1. The summed E-state index contributed by atoms with van der Waals surface area (Å²) in [5.41, 5.74) is 0.932. The molecule has 2 aromatic rings. The third-order valence-corrected chi connectivity index (χ3v) is 4.22. The van der Waals surface area contributed by atoms with E-state index < -0.39 is 5.97 Å². The van der Waals surface area contributed by atoms with E-state index in [4.69, 9.17) is 20.8 Å². The van der Waals surface area contributed by atoms with Gasteiger partial charge in [0.2, 0.25) is 5.91 Å². The fraction of sp³-hybridized carbons (Fsp3) is 0.294. The Kier molecular flexibility index (Phi) is 6.64. The molecule has 1 amide bonds. The van der Waals surface area contributed by atoms with E-state index in [9.17, 15) is 9.59 Å². The van der Waals surface area contributed by atoms with Crippen LogP contribution in [0.25, 0.3) is 0 Å². The van der Waals surface area contributed by atoms with Crippen LogP contribution in [0.15, 0.2) is 33.2 Å². The molecular weight excluding hydrogens is 412 g/mol. The number of aryl methyl sites for hydroxylation is 1. The molecule has 1 aromatic carbocycles. The number of likely N-dealkylation sites (N-methyl/N-ethyl adjacent to an activating group) is 1. The highest BCUT2D eigenvalue weighted by Gasteiger charge is 2.17. The molecule has 25 heavy (non-hydrogen) atoms. The summed E-state index contributed by atoms with van der Waals surface area (Å²) in [6.07, 6.45) is 0. The fourth-order valence-corrected chi connectivity index (χ4v) is 3.00. The van der Waals surface area contributed by atoms with Crippen LogP contribution in [0.1, 0.15) is 21.9 Å². The van der Waals surface area contributed by atoms with E-state index in [0.717, 1.165) is 4.47 Å². The van der Waals surface area contributed by atoms with Crippen LogP contribution in [-0.2, 0) is 16.1 Å². The number of nitrogens with one attached hydrogen (secondary N) is 1. The monoisotopic (exact) mass is 428 g/mol. The zero-order valence-electron chi connectivity index (χ0n) is 14.1. The molecule has 0 saturated carbocycles. The van der Waals surface area contributed by atoms with Gasteiger partial charge in [0, 0.05) is 4.47 Å². The van der Waals surface area contributed by atoms with E-state index in [1.165, 1.54) is 7.11 Å². The minimum atomic E-state index is -0.447. The van der Waals surface area contributed by atoms with E-state index in [-0.39, 0.29) is 12.5 Å². The first-order valence-electron chi connectivity index (χ1n) is 7.41. The van der Waals surface area contributed by atoms with E-state index in [2.05, 4.69) is 21.2 Å². The fourth-order valence-electron chi connectivity index (χ4n) is 2.28. The largest absolute Gasteiger partial charge is 0.465 e. The molecule has 1 aromatic heterocycles. The second kappa shape index (κ2) is 8.51. The van der Waals surface area contributed by atoms with Crippen molar-refractivity contribution in [3.63, 3.8) is 0 Å². The summed E-state index contributed by atoms with van der Waals surface area (Å²) in [5, 5.41) is 3.21. The van der Waals surface area contributed by atoms with Crippen molar-refractivity contribution in [2.45, 2.75) is 13.5 Å². The third kappa shape index (κ3) is 5.32. The molecule has 0 aliphatic carbocycles. The lowest BCUT2D eigenvalue weighted by Crippen LogP contribution is -2.29. The van der Waals surface area contributed by atoms with Crippen LogP contribution < -0.4 is 5.32 Å². The van der Waals surface area contributed by atoms with Crippen molar-refractivity contribution in [1.29, 1.82) is 0 Å². The Hall–Kier alpha value is -1.83. The van der Waals surface area contributed by atoms with Gasteiger partial charge in [0.1, 0.15) is 17.1 Å². The number of methoxy groups -OCH3 is 1. The summed E-state index contributed by atoms with van der Waals surface area (Å²) >= 11 is 9.40. The predicted octanol–water partition coefficient (Wildman–Crippen LogP) is 3.86. The SMILES string of the molecule is COC(=O)c1cc(CN(C)CC(=O)Nc2ccc(Br)cc2Cl)oc1C. The Morgan fingerprint density at radius 2 is 2.08 bits per heavy atom. The lowest BCUT2D eigenvalue weighted by Gasteiger charge is -2.15. The third-order valence-electron chi connectivity index (χ3n) is 3.42. The van der Waals surface area contributed by atoms with Gasteiger partial charge >= 0.3 is 5.97 Å². The van der Waals surface area contributed by atoms with Gasteiger partial charge in [-0.05, 0) is 38.2 Å². The number of amides is 1. The molecule has 0 bridgehead atoms. The van der Waals surface area contributed by atoms with Crippen molar-refractivity contribution in [3.05, 3.63) is 50.8 Å². The van der Waals surface area contributed by atoms with Gasteiger partial charge in [-0.3, -0.25) is 9.69 Å². The molecule has 0 atom stereocenters. The second-order valence-electron chi connectivity index (χ2n) is 5.52. The molecule has 8 heteroatoms. The van der Waals surface area contributed by atoms with Gasteiger partial charge in [-0.25, -0.2) is 4.79 Å². The van der Waals surface area contributed by atoms with Gasteiger partial charge in [-0.2, -0.15) is 0 Å². The molecule has 0 radical (unpaired) electrons. The van der Waals surface area contributed by atoms with Crippen molar-refractivity contribution >= 4 is 45.1 Å². The Balaban J connectivity index is 1.94. The Morgan fingerprint density at radius 3 is 2.72 bits per heavy atom. The smallest absolute Gasteiger partial charge is 0.341 e. The van der Waals surface area contributed by atoms with E-state index in [0.29, 0.717) is 34.3 Å². The van der Waals surface area contributed by atoms with Crippen LogP contribution in [0.3, 0.4) is 0 Å². The lowest BCUT2D eigenvalue weighted by molar-refractivity contribution is -0.117. The van der Waals surface area contributed by atoms with Crippen molar-refractivity contribution in [2.24, 2.45) is 0 Å². The molecule has 6 nitrogen and oxygen atoms in total. The Labute approximate surface area is 159 Å². The van der Waals surface area contributed by atoms with Crippen molar-refractivity contribution < 1.29 is 18.7 Å². The number of ether oxygens (including phenoxy) is 1. The molecule has 0 fully saturated rings. The molecule has 0 unspecified atom stereocenters. The summed E-state index contributed by atoms with van der Waals surface area (Å²) in [7, 11) is 3.09. The summed E-state index contributed by atoms with van der Waals surface area (Å²) in [6.45, 7) is 2.21. The van der Waals surface area contributed by atoms with Crippen molar-refractivity contribution in [1.82, 2.24) is 4.90 Å². The van der Waals surface area contributed by atoms with Gasteiger partial charge in [0.05, 0.1) is 30.9 Å². The Bertz CT molecular complexity index is 791. The molecular formula is C17H18BrClN2O4. The van der Waals surface area contributed by atoms with Gasteiger partial charge in [-0.1, -0.05) is 27.5 Å². The number of nitrogens with zero attached hydrogens (tertiary/aromatic N) is 1. The summed E-state index contributed by atoms with van der Waals surface area (Å²) in [4.78, 5) is 25.5. The number of hydrogen-bond donors (Lipinski definition) is 1. The zero-order valence-corrected chi connectivity index (χ0v) is 16.4. The second-order valence-corrected chi connectivity index (χ2v) is 6.84. The number of anilines is 1. The lowest BCUT2D eigenvalue weighted by atomic mass is 10.2. The highest BCUT2D eigenvalue weighted by Crippen LogP contribution is 2.25. The first-order valence-corrected chi connectivity index (χ1v) is 8.58. The van der Waals surface area contributed by atoms with E-state index in [1.807, 2.05) is 0 Å². The number of carbonyl (C=O) groups excluding carboxylic acids is 2.